The fourth-order valence-corrected chi connectivity index (χ4v) is 2.88. The quantitative estimate of drug-likeness (QED) is 0.508. The lowest BCUT2D eigenvalue weighted by molar-refractivity contribution is -0.688. The van der Waals surface area contributed by atoms with Crippen LogP contribution in [0.25, 0.3) is 0 Å². The van der Waals surface area contributed by atoms with Gasteiger partial charge in [0.05, 0.1) is 4.47 Å². The summed E-state index contributed by atoms with van der Waals surface area (Å²) in [7, 11) is 0.984. The molecule has 0 N–H and O–H groups in total. The minimum Gasteiger partial charge on any atom is -0.200 e. The maximum atomic E-state index is 3.51. The molecule has 1 heterocycles. The first-order chi connectivity index (χ1) is 10.3. The third-order valence-corrected chi connectivity index (χ3v) is 3.90. The van der Waals surface area contributed by atoms with E-state index in [1.165, 1.54) is 16.5 Å². The molecule has 0 unspecified atom stereocenters. The SMILES string of the molecule is Brc1ccc[n+](Cc2cccc(Bc3ccccc3)c2)c1. The molecule has 0 saturated carbocycles. The van der Waals surface area contributed by atoms with Gasteiger partial charge < -0.3 is 0 Å². The monoisotopic (exact) mass is 336 g/mol. The topological polar surface area (TPSA) is 3.88 Å². The molecule has 0 radical (unpaired) electrons. The lowest BCUT2D eigenvalue weighted by atomic mass is 9.64. The van der Waals surface area contributed by atoms with E-state index >= 15 is 0 Å². The molecule has 0 amide bonds. The first kappa shape index (κ1) is 14.1. The van der Waals surface area contributed by atoms with Crippen molar-refractivity contribution in [2.75, 3.05) is 0 Å². The van der Waals surface area contributed by atoms with Crippen molar-refractivity contribution in [3.05, 3.63) is 89.2 Å². The molecule has 0 aliphatic rings. The van der Waals surface area contributed by atoms with Crippen molar-refractivity contribution in [1.82, 2.24) is 0 Å². The molecule has 2 aromatic carbocycles. The summed E-state index contributed by atoms with van der Waals surface area (Å²) in [5.41, 5.74) is 4.03. The summed E-state index contributed by atoms with van der Waals surface area (Å²) in [6.45, 7) is 0.891. The predicted molar refractivity (Wildman–Crippen MR) is 92.7 cm³/mol. The van der Waals surface area contributed by atoms with Crippen LogP contribution in [0.15, 0.2) is 83.6 Å². The molecule has 0 atom stereocenters. The van der Waals surface area contributed by atoms with E-state index < -0.39 is 0 Å². The second kappa shape index (κ2) is 6.73. The van der Waals surface area contributed by atoms with Crippen LogP contribution >= 0.6 is 15.9 Å². The fraction of sp³-hybridized carbons (Fsp3) is 0.0556. The maximum absolute atomic E-state index is 3.51. The van der Waals surface area contributed by atoms with Crippen molar-refractivity contribution < 1.29 is 4.57 Å². The van der Waals surface area contributed by atoms with Crippen molar-refractivity contribution in [3.63, 3.8) is 0 Å². The van der Waals surface area contributed by atoms with Gasteiger partial charge in [-0.15, -0.1) is 0 Å². The van der Waals surface area contributed by atoms with Gasteiger partial charge in [0.25, 0.3) is 0 Å². The third-order valence-electron chi connectivity index (χ3n) is 3.43. The van der Waals surface area contributed by atoms with Gasteiger partial charge in [0.2, 0.25) is 0 Å². The highest BCUT2D eigenvalue weighted by molar-refractivity contribution is 9.10. The highest BCUT2D eigenvalue weighted by Gasteiger charge is 2.05. The number of hydrogen-bond acceptors (Lipinski definition) is 0. The second-order valence-corrected chi connectivity index (χ2v) is 6.09. The predicted octanol–water partition coefficient (Wildman–Crippen LogP) is 2.17. The molecule has 1 aromatic heterocycles. The van der Waals surface area contributed by atoms with Gasteiger partial charge in [0.1, 0.15) is 0 Å². The Morgan fingerprint density at radius 2 is 1.67 bits per heavy atom. The van der Waals surface area contributed by atoms with Gasteiger partial charge in [-0.2, -0.15) is 4.57 Å². The van der Waals surface area contributed by atoms with Crippen LogP contribution in [-0.2, 0) is 6.54 Å². The van der Waals surface area contributed by atoms with Crippen LogP contribution < -0.4 is 15.5 Å². The zero-order chi connectivity index (χ0) is 14.5. The molecule has 3 aromatic rings. The van der Waals surface area contributed by atoms with Crippen molar-refractivity contribution in [2.24, 2.45) is 0 Å². The Kier molecular flexibility index (Phi) is 4.51. The minimum absolute atomic E-state index is 0.891. The van der Waals surface area contributed by atoms with Crippen LogP contribution in [0.5, 0.6) is 0 Å². The molecule has 3 rings (SSSR count). The molecule has 0 fully saturated rings. The van der Waals surface area contributed by atoms with Crippen LogP contribution in [0.4, 0.5) is 0 Å². The zero-order valence-electron chi connectivity index (χ0n) is 11.7. The van der Waals surface area contributed by atoms with Crippen molar-refractivity contribution in [3.8, 4) is 0 Å². The average Bonchev–Trinajstić information content (AvgIpc) is 2.49. The highest BCUT2D eigenvalue weighted by Crippen LogP contribution is 2.04. The van der Waals surface area contributed by atoms with E-state index in [-0.39, 0.29) is 0 Å². The Bertz CT molecular complexity index is 728. The summed E-state index contributed by atoms with van der Waals surface area (Å²) < 4.78 is 3.29. The van der Waals surface area contributed by atoms with Gasteiger partial charge in [-0.05, 0) is 22.0 Å². The Morgan fingerprint density at radius 3 is 2.48 bits per heavy atom. The van der Waals surface area contributed by atoms with E-state index in [1.54, 1.807) is 0 Å². The first-order valence-electron chi connectivity index (χ1n) is 7.06. The summed E-state index contributed by atoms with van der Waals surface area (Å²) in [5, 5.41) is 0. The van der Waals surface area contributed by atoms with E-state index in [4.69, 9.17) is 0 Å². The molecule has 1 nitrogen and oxygen atoms in total. The normalized spacial score (nSPS) is 10.3. The molecular weight excluding hydrogens is 321 g/mol. The van der Waals surface area contributed by atoms with Crippen LogP contribution in [0, 0.1) is 0 Å². The molecule has 0 bridgehead atoms. The van der Waals surface area contributed by atoms with Gasteiger partial charge in [-0.1, -0.05) is 65.5 Å². The molecule has 0 spiro atoms. The maximum Gasteiger partial charge on any atom is 0.192 e. The number of halogens is 1. The van der Waals surface area contributed by atoms with Gasteiger partial charge >= 0.3 is 0 Å². The molecule has 21 heavy (non-hydrogen) atoms. The van der Waals surface area contributed by atoms with Crippen LogP contribution in [-0.4, -0.2) is 7.28 Å². The number of benzene rings is 2. The van der Waals surface area contributed by atoms with Gasteiger partial charge in [-0.25, -0.2) is 0 Å². The standard InChI is InChI=1S/C18H16BBrN/c20-18-10-5-11-21(14-18)13-15-6-4-9-17(12-15)19-16-7-2-1-3-8-16/h1-12,14,19H,13H2/q+1. The number of nitrogens with zero attached hydrogens (tertiary/aromatic N) is 1. The molecule has 3 heteroatoms. The van der Waals surface area contributed by atoms with E-state index in [0.717, 1.165) is 18.3 Å². The lowest BCUT2D eigenvalue weighted by Gasteiger charge is -2.03. The summed E-state index contributed by atoms with van der Waals surface area (Å²) in [6, 6.07) is 23.5. The molecule has 0 saturated heterocycles. The Hall–Kier alpha value is -1.87. The first-order valence-corrected chi connectivity index (χ1v) is 7.85. The number of aromatic nitrogens is 1. The lowest BCUT2D eigenvalue weighted by Crippen LogP contribution is -2.34. The van der Waals surface area contributed by atoms with Gasteiger partial charge in [-0.3, -0.25) is 0 Å². The zero-order valence-corrected chi connectivity index (χ0v) is 13.3. The molecule has 102 valence electrons. The largest absolute Gasteiger partial charge is 0.200 e. The molecular formula is C18H16BBrN+. The van der Waals surface area contributed by atoms with E-state index in [1.807, 2.05) is 6.07 Å². The molecule has 0 aliphatic heterocycles. The second-order valence-electron chi connectivity index (χ2n) is 5.18. The van der Waals surface area contributed by atoms with Crippen molar-refractivity contribution in [2.45, 2.75) is 6.54 Å². The summed E-state index contributed by atoms with van der Waals surface area (Å²) in [6.07, 6.45) is 4.19. The average molecular weight is 337 g/mol. The van der Waals surface area contributed by atoms with Crippen LogP contribution in [0.1, 0.15) is 5.56 Å². The van der Waals surface area contributed by atoms with Crippen LogP contribution in [0.2, 0.25) is 0 Å². The summed E-state index contributed by atoms with van der Waals surface area (Å²) in [5.74, 6) is 0. The number of hydrogen-bond donors (Lipinski definition) is 0. The Morgan fingerprint density at radius 1 is 0.857 bits per heavy atom. The van der Waals surface area contributed by atoms with E-state index in [2.05, 4.69) is 93.6 Å². The number of pyridine rings is 1. The molecule has 0 aliphatic carbocycles. The Balaban J connectivity index is 1.77. The number of rotatable bonds is 4. The fourth-order valence-electron chi connectivity index (χ4n) is 2.47. The Labute approximate surface area is 134 Å². The summed E-state index contributed by atoms with van der Waals surface area (Å²) >= 11 is 3.51. The van der Waals surface area contributed by atoms with Crippen LogP contribution in [0.3, 0.4) is 0 Å². The van der Waals surface area contributed by atoms with Crippen molar-refractivity contribution >= 4 is 34.1 Å². The van der Waals surface area contributed by atoms with Crippen molar-refractivity contribution in [1.29, 1.82) is 0 Å². The third kappa shape index (κ3) is 4.05. The summed E-state index contributed by atoms with van der Waals surface area (Å²) in [4.78, 5) is 0. The minimum atomic E-state index is 0.891. The van der Waals surface area contributed by atoms with Gasteiger partial charge in [0.15, 0.2) is 26.2 Å². The highest BCUT2D eigenvalue weighted by atomic mass is 79.9. The van der Waals surface area contributed by atoms with E-state index in [0.29, 0.717) is 0 Å². The van der Waals surface area contributed by atoms with Gasteiger partial charge in [0, 0.05) is 11.6 Å². The smallest absolute Gasteiger partial charge is 0.192 e. The van der Waals surface area contributed by atoms with E-state index in [9.17, 15) is 0 Å².